The molecule has 6 rings (SSSR count). The van der Waals surface area contributed by atoms with Crippen molar-refractivity contribution in [2.24, 2.45) is 0 Å². The lowest BCUT2D eigenvalue weighted by Gasteiger charge is -2.39. The zero-order valence-electron chi connectivity index (χ0n) is 24.6. The van der Waals surface area contributed by atoms with Crippen LogP contribution in [-0.2, 0) is 16.1 Å². The Morgan fingerprint density at radius 2 is 1.87 bits per heavy atom. The highest BCUT2D eigenvalue weighted by Crippen LogP contribution is 2.38. The molecule has 46 heavy (non-hydrogen) atoms. The van der Waals surface area contributed by atoms with Gasteiger partial charge in [-0.1, -0.05) is 59.6 Å². The van der Waals surface area contributed by atoms with Crippen molar-refractivity contribution >= 4 is 40.1 Å². The molecule has 4 aromatic rings. The van der Waals surface area contributed by atoms with E-state index in [2.05, 4.69) is 10.3 Å². The number of aromatic nitrogens is 3. The standard InChI is InChI=1S/C32H32Cl2F3N5O4/c33-25-14-21(6-7-22(25)26-17-46-13-10-38-26)42-27(34)15-23-29(42)39-19-41(30(23)44)18-31(45)8-11-40(12-9-31)28(43)16-24(32(35,36)37)20-4-2-1-3-5-20/h1-7,14-15,19,24,26,38,45H,8-13,16-18H2/t24-,26+/m1/s1. The van der Waals surface area contributed by atoms with Crippen LogP contribution in [0.4, 0.5) is 13.2 Å². The van der Waals surface area contributed by atoms with Crippen LogP contribution >= 0.6 is 23.2 Å². The molecule has 2 N–H and O–H groups in total. The number of carbonyl (C=O) groups is 1. The molecular formula is C32H32Cl2F3N5O4. The number of rotatable bonds is 7. The van der Waals surface area contributed by atoms with E-state index in [0.29, 0.717) is 29.6 Å². The summed E-state index contributed by atoms with van der Waals surface area (Å²) >= 11 is 13.2. The molecule has 0 radical (unpaired) electrons. The second kappa shape index (κ2) is 13.0. The molecular weight excluding hydrogens is 646 g/mol. The van der Waals surface area contributed by atoms with Crippen LogP contribution in [-0.4, -0.2) is 74.7 Å². The van der Waals surface area contributed by atoms with Gasteiger partial charge in [-0.15, -0.1) is 0 Å². The summed E-state index contributed by atoms with van der Waals surface area (Å²) in [5, 5.41) is 15.7. The highest BCUT2D eigenvalue weighted by molar-refractivity contribution is 6.32. The Morgan fingerprint density at radius 3 is 2.52 bits per heavy atom. The fourth-order valence-corrected chi connectivity index (χ4v) is 6.80. The molecule has 0 unspecified atom stereocenters. The zero-order valence-corrected chi connectivity index (χ0v) is 26.2. The number of ether oxygens (including phenoxy) is 1. The maximum atomic E-state index is 13.8. The number of aliphatic hydroxyl groups is 1. The Hall–Kier alpha value is -3.42. The molecule has 0 saturated carbocycles. The van der Waals surface area contributed by atoms with E-state index in [9.17, 15) is 27.9 Å². The largest absolute Gasteiger partial charge is 0.396 e. The van der Waals surface area contributed by atoms with E-state index in [1.807, 2.05) is 12.1 Å². The molecule has 2 aromatic carbocycles. The predicted molar refractivity (Wildman–Crippen MR) is 168 cm³/mol. The maximum absolute atomic E-state index is 13.8. The van der Waals surface area contributed by atoms with Gasteiger partial charge in [0.1, 0.15) is 11.5 Å². The van der Waals surface area contributed by atoms with Crippen molar-refractivity contribution in [1.29, 1.82) is 0 Å². The normalized spacial score (nSPS) is 19.3. The SMILES string of the molecule is O=C(C[C@H](c1ccccc1)C(F)(F)F)N1CCC(O)(Cn2cnc3c(cc(Cl)n3-c3ccc([C@@H]4COCCN4)c(Cl)c3)c2=O)CC1. The average Bonchev–Trinajstić information content (AvgIpc) is 3.38. The fraction of sp³-hybridized carbons (Fsp3) is 0.406. The molecule has 2 fully saturated rings. The first-order valence-electron chi connectivity index (χ1n) is 14.9. The van der Waals surface area contributed by atoms with E-state index < -0.39 is 35.6 Å². The third-order valence-electron chi connectivity index (χ3n) is 8.77. The number of hydrogen-bond acceptors (Lipinski definition) is 6. The Kier molecular flexibility index (Phi) is 9.19. The molecule has 4 heterocycles. The first kappa shape index (κ1) is 32.5. The molecule has 2 atom stereocenters. The van der Waals surface area contributed by atoms with Gasteiger partial charge in [0.05, 0.1) is 42.7 Å². The van der Waals surface area contributed by atoms with Crippen LogP contribution in [0.25, 0.3) is 16.7 Å². The molecule has 2 aliphatic heterocycles. The highest BCUT2D eigenvalue weighted by atomic mass is 35.5. The number of halogens is 5. The van der Waals surface area contributed by atoms with E-state index in [0.717, 1.165) is 12.1 Å². The van der Waals surface area contributed by atoms with Gasteiger partial charge in [0.25, 0.3) is 5.56 Å². The van der Waals surface area contributed by atoms with Crippen LogP contribution in [0, 0.1) is 0 Å². The van der Waals surface area contributed by atoms with E-state index in [1.54, 1.807) is 16.7 Å². The van der Waals surface area contributed by atoms with Crippen molar-refractivity contribution < 1.29 is 27.8 Å². The number of alkyl halides is 3. The second-order valence-corrected chi connectivity index (χ2v) is 12.6. The predicted octanol–water partition coefficient (Wildman–Crippen LogP) is 5.24. The number of nitrogens with one attached hydrogen (secondary N) is 1. The van der Waals surface area contributed by atoms with Gasteiger partial charge in [0, 0.05) is 36.8 Å². The van der Waals surface area contributed by atoms with Crippen LogP contribution in [0.3, 0.4) is 0 Å². The van der Waals surface area contributed by atoms with Gasteiger partial charge in [-0.3, -0.25) is 18.7 Å². The van der Waals surface area contributed by atoms with Crippen LogP contribution in [0.5, 0.6) is 0 Å². The van der Waals surface area contributed by atoms with Crippen molar-refractivity contribution in [3.8, 4) is 5.69 Å². The van der Waals surface area contributed by atoms with Crippen molar-refractivity contribution in [3.63, 3.8) is 0 Å². The molecule has 14 heteroatoms. The number of hydrogen-bond donors (Lipinski definition) is 2. The fourth-order valence-electron chi connectivity index (χ4n) is 6.21. The third-order valence-corrected chi connectivity index (χ3v) is 9.37. The Balaban J connectivity index is 1.15. The van der Waals surface area contributed by atoms with Crippen molar-refractivity contribution in [2.45, 2.75) is 49.5 Å². The molecule has 0 bridgehead atoms. The summed E-state index contributed by atoms with van der Waals surface area (Å²) in [5.74, 6) is -2.56. The maximum Gasteiger partial charge on any atom is 0.396 e. The van der Waals surface area contributed by atoms with E-state index in [4.69, 9.17) is 27.9 Å². The Morgan fingerprint density at radius 1 is 1.13 bits per heavy atom. The number of morpholine rings is 1. The molecule has 2 aromatic heterocycles. The molecule has 0 spiro atoms. The van der Waals surface area contributed by atoms with Gasteiger partial charge in [-0.25, -0.2) is 4.98 Å². The number of fused-ring (bicyclic) bond motifs is 1. The van der Waals surface area contributed by atoms with Crippen LogP contribution in [0.2, 0.25) is 10.2 Å². The molecule has 2 saturated heterocycles. The lowest BCUT2D eigenvalue weighted by molar-refractivity contribution is -0.162. The van der Waals surface area contributed by atoms with E-state index in [1.165, 1.54) is 46.1 Å². The number of nitrogens with zero attached hydrogens (tertiary/aromatic N) is 4. The molecule has 0 aliphatic carbocycles. The van der Waals surface area contributed by atoms with Crippen LogP contribution < -0.4 is 10.9 Å². The minimum atomic E-state index is -4.58. The summed E-state index contributed by atoms with van der Waals surface area (Å²) < 4.78 is 49.9. The summed E-state index contributed by atoms with van der Waals surface area (Å²) in [7, 11) is 0. The van der Waals surface area contributed by atoms with Gasteiger partial charge in [0.15, 0.2) is 5.65 Å². The molecule has 2 aliphatic rings. The first-order valence-corrected chi connectivity index (χ1v) is 15.7. The van der Waals surface area contributed by atoms with Gasteiger partial charge in [-0.2, -0.15) is 13.2 Å². The molecule has 1 amide bonds. The van der Waals surface area contributed by atoms with Crippen LogP contribution in [0.1, 0.15) is 42.3 Å². The lowest BCUT2D eigenvalue weighted by atomic mass is 9.89. The first-order chi connectivity index (χ1) is 21.9. The highest BCUT2D eigenvalue weighted by Gasteiger charge is 2.43. The van der Waals surface area contributed by atoms with Gasteiger partial charge < -0.3 is 20.1 Å². The Labute approximate surface area is 272 Å². The minimum absolute atomic E-state index is 0.0278. The van der Waals surface area contributed by atoms with E-state index >= 15 is 0 Å². The number of benzene rings is 2. The van der Waals surface area contributed by atoms with Crippen molar-refractivity contribution in [2.75, 3.05) is 32.8 Å². The third kappa shape index (κ3) is 6.68. The monoisotopic (exact) mass is 677 g/mol. The van der Waals surface area contributed by atoms with Crippen molar-refractivity contribution in [3.05, 3.63) is 92.6 Å². The Bertz CT molecular complexity index is 1780. The lowest BCUT2D eigenvalue weighted by Crippen LogP contribution is -2.50. The molecule has 9 nitrogen and oxygen atoms in total. The average molecular weight is 679 g/mol. The number of amides is 1. The van der Waals surface area contributed by atoms with Gasteiger partial charge in [0.2, 0.25) is 5.91 Å². The zero-order chi connectivity index (χ0) is 32.6. The number of carbonyl (C=O) groups excluding carboxylic acids is 1. The topological polar surface area (TPSA) is 102 Å². The molecule has 244 valence electrons. The van der Waals surface area contributed by atoms with E-state index in [-0.39, 0.29) is 54.6 Å². The summed E-state index contributed by atoms with van der Waals surface area (Å²) in [6, 6.07) is 14.3. The van der Waals surface area contributed by atoms with Crippen molar-refractivity contribution in [1.82, 2.24) is 24.3 Å². The number of piperidine rings is 1. The summed E-state index contributed by atoms with van der Waals surface area (Å²) in [6.45, 7) is 1.86. The smallest absolute Gasteiger partial charge is 0.388 e. The second-order valence-electron chi connectivity index (χ2n) is 11.8. The summed E-state index contributed by atoms with van der Waals surface area (Å²) in [6.07, 6.45) is -3.80. The van der Waals surface area contributed by atoms with Crippen LogP contribution in [0.15, 0.2) is 65.7 Å². The quantitative estimate of drug-likeness (QED) is 0.277. The van der Waals surface area contributed by atoms with Gasteiger partial charge >= 0.3 is 6.18 Å². The number of likely N-dealkylation sites (tertiary alicyclic amines) is 1. The summed E-state index contributed by atoms with van der Waals surface area (Å²) in [5.41, 5.74) is 0.0565. The summed E-state index contributed by atoms with van der Waals surface area (Å²) in [4.78, 5) is 32.3. The minimum Gasteiger partial charge on any atom is -0.388 e. The van der Waals surface area contributed by atoms with Gasteiger partial charge in [-0.05, 0) is 42.2 Å².